The number of benzene rings is 1. The first-order valence-corrected chi connectivity index (χ1v) is 6.69. The molecule has 1 aromatic carbocycles. The van der Waals surface area contributed by atoms with Gasteiger partial charge in [0.25, 0.3) is 0 Å². The van der Waals surface area contributed by atoms with E-state index >= 15 is 0 Å². The molecule has 0 saturated heterocycles. The fourth-order valence-corrected chi connectivity index (χ4v) is 2.53. The highest BCUT2D eigenvalue weighted by Gasteiger charge is 2.07. The van der Waals surface area contributed by atoms with Gasteiger partial charge in [-0.2, -0.15) is 0 Å². The molecular weight excluding hydrogens is 236 g/mol. The summed E-state index contributed by atoms with van der Waals surface area (Å²) in [6.45, 7) is 8.78. The number of methoxy groups -OCH3 is 1. The molecular formula is C16H22N2O. The molecule has 0 radical (unpaired) electrons. The highest BCUT2D eigenvalue weighted by molar-refractivity contribution is 5.86. The first-order chi connectivity index (χ1) is 9.11. The summed E-state index contributed by atoms with van der Waals surface area (Å²) in [5, 5.41) is 4.69. The summed E-state index contributed by atoms with van der Waals surface area (Å²) < 4.78 is 5.06. The molecule has 0 bridgehead atoms. The van der Waals surface area contributed by atoms with Crippen LogP contribution in [0.5, 0.6) is 0 Å². The summed E-state index contributed by atoms with van der Waals surface area (Å²) in [6.07, 6.45) is 0. The minimum Gasteiger partial charge on any atom is -0.383 e. The molecule has 1 aromatic heterocycles. The molecule has 0 unspecified atom stereocenters. The Labute approximate surface area is 115 Å². The third-order valence-corrected chi connectivity index (χ3v) is 3.26. The molecule has 0 fully saturated rings. The number of ether oxygens (including phenoxy) is 1. The summed E-state index contributed by atoms with van der Waals surface area (Å²) in [5.74, 6) is 0. The second-order valence-corrected chi connectivity index (χ2v) is 5.07. The van der Waals surface area contributed by atoms with Crippen LogP contribution in [0.1, 0.15) is 22.4 Å². The van der Waals surface area contributed by atoms with Crippen molar-refractivity contribution >= 4 is 10.9 Å². The summed E-state index contributed by atoms with van der Waals surface area (Å²) >= 11 is 0. The smallest absolute Gasteiger partial charge is 0.0713 e. The van der Waals surface area contributed by atoms with E-state index in [1.807, 2.05) is 0 Å². The lowest BCUT2D eigenvalue weighted by atomic mass is 10.0. The van der Waals surface area contributed by atoms with Gasteiger partial charge in [0.15, 0.2) is 0 Å². The molecule has 0 atom stereocenters. The van der Waals surface area contributed by atoms with Crippen molar-refractivity contribution in [1.82, 2.24) is 10.3 Å². The van der Waals surface area contributed by atoms with Crippen molar-refractivity contribution in [3.05, 3.63) is 40.6 Å². The monoisotopic (exact) mass is 258 g/mol. The van der Waals surface area contributed by atoms with Crippen molar-refractivity contribution in [3.8, 4) is 0 Å². The average molecular weight is 258 g/mol. The number of pyridine rings is 1. The largest absolute Gasteiger partial charge is 0.383 e. The number of nitrogens with zero attached hydrogens (tertiary/aromatic N) is 1. The minimum absolute atomic E-state index is 0.736. The second kappa shape index (κ2) is 6.13. The van der Waals surface area contributed by atoms with Gasteiger partial charge in [-0.3, -0.25) is 4.98 Å². The molecule has 19 heavy (non-hydrogen) atoms. The van der Waals surface area contributed by atoms with Crippen LogP contribution in [0.2, 0.25) is 0 Å². The van der Waals surface area contributed by atoms with Gasteiger partial charge in [0.1, 0.15) is 0 Å². The highest BCUT2D eigenvalue weighted by atomic mass is 16.5. The number of aryl methyl sites for hydroxylation is 3. The van der Waals surface area contributed by atoms with E-state index in [9.17, 15) is 0 Å². The van der Waals surface area contributed by atoms with Gasteiger partial charge in [0, 0.05) is 31.3 Å². The van der Waals surface area contributed by atoms with E-state index in [0.29, 0.717) is 0 Å². The van der Waals surface area contributed by atoms with Crippen LogP contribution in [0.25, 0.3) is 10.9 Å². The van der Waals surface area contributed by atoms with Crippen molar-refractivity contribution in [2.45, 2.75) is 27.3 Å². The lowest BCUT2D eigenvalue weighted by Gasteiger charge is -2.12. The highest BCUT2D eigenvalue weighted by Crippen LogP contribution is 2.23. The number of fused-ring (bicyclic) bond motifs is 1. The molecule has 102 valence electrons. The zero-order valence-electron chi connectivity index (χ0n) is 12.2. The van der Waals surface area contributed by atoms with Crippen molar-refractivity contribution in [1.29, 1.82) is 0 Å². The molecule has 0 saturated carbocycles. The fourth-order valence-electron chi connectivity index (χ4n) is 2.53. The summed E-state index contributed by atoms with van der Waals surface area (Å²) in [5.41, 5.74) is 6.05. The first-order valence-electron chi connectivity index (χ1n) is 6.69. The lowest BCUT2D eigenvalue weighted by Crippen LogP contribution is -2.19. The fraction of sp³-hybridized carbons (Fsp3) is 0.438. The zero-order chi connectivity index (χ0) is 13.8. The van der Waals surface area contributed by atoms with Crippen LogP contribution >= 0.6 is 0 Å². The van der Waals surface area contributed by atoms with Gasteiger partial charge in [0.2, 0.25) is 0 Å². The SMILES string of the molecule is COCCNCc1cc(C)nc2cc(C)cc(C)c12. The third-order valence-electron chi connectivity index (χ3n) is 3.26. The van der Waals surface area contributed by atoms with Gasteiger partial charge in [-0.1, -0.05) is 6.07 Å². The number of aromatic nitrogens is 1. The van der Waals surface area contributed by atoms with Gasteiger partial charge < -0.3 is 10.1 Å². The molecule has 0 amide bonds. The molecule has 0 spiro atoms. The topological polar surface area (TPSA) is 34.1 Å². The van der Waals surface area contributed by atoms with Crippen LogP contribution in [0.4, 0.5) is 0 Å². The van der Waals surface area contributed by atoms with Gasteiger partial charge in [-0.25, -0.2) is 0 Å². The maximum Gasteiger partial charge on any atom is 0.0713 e. The number of nitrogens with one attached hydrogen (secondary N) is 1. The standard InChI is InChI=1S/C16H22N2O/c1-11-7-12(2)16-14(10-17-5-6-19-4)9-13(3)18-15(16)8-11/h7-9,17H,5-6,10H2,1-4H3. The molecule has 2 rings (SSSR count). The van der Waals surface area contributed by atoms with Crippen molar-refractivity contribution in [3.63, 3.8) is 0 Å². The van der Waals surface area contributed by atoms with E-state index in [0.717, 1.165) is 30.9 Å². The van der Waals surface area contributed by atoms with Crippen LogP contribution in [-0.4, -0.2) is 25.2 Å². The van der Waals surface area contributed by atoms with Crippen LogP contribution in [0.3, 0.4) is 0 Å². The quantitative estimate of drug-likeness (QED) is 0.837. The van der Waals surface area contributed by atoms with E-state index < -0.39 is 0 Å². The molecule has 3 nitrogen and oxygen atoms in total. The lowest BCUT2D eigenvalue weighted by molar-refractivity contribution is 0.199. The van der Waals surface area contributed by atoms with Gasteiger partial charge in [-0.05, 0) is 49.6 Å². The van der Waals surface area contributed by atoms with E-state index in [1.165, 1.54) is 22.1 Å². The Hall–Kier alpha value is -1.45. The average Bonchev–Trinajstić information content (AvgIpc) is 2.33. The van der Waals surface area contributed by atoms with E-state index in [4.69, 9.17) is 4.74 Å². The second-order valence-electron chi connectivity index (χ2n) is 5.07. The van der Waals surface area contributed by atoms with E-state index in [-0.39, 0.29) is 0 Å². The maximum atomic E-state index is 5.06. The number of hydrogen-bond donors (Lipinski definition) is 1. The number of rotatable bonds is 5. The van der Waals surface area contributed by atoms with Crippen LogP contribution in [0, 0.1) is 20.8 Å². The summed E-state index contributed by atoms with van der Waals surface area (Å²) in [6, 6.07) is 6.55. The molecule has 0 aliphatic heterocycles. The predicted octanol–water partition coefficient (Wildman–Crippen LogP) is 2.90. The summed E-state index contributed by atoms with van der Waals surface area (Å²) in [7, 11) is 1.72. The van der Waals surface area contributed by atoms with Crippen LogP contribution in [0.15, 0.2) is 18.2 Å². The molecule has 1 N–H and O–H groups in total. The Morgan fingerprint density at radius 3 is 2.68 bits per heavy atom. The van der Waals surface area contributed by atoms with Crippen molar-refractivity contribution in [2.24, 2.45) is 0 Å². The third kappa shape index (κ3) is 3.31. The van der Waals surface area contributed by atoms with E-state index in [1.54, 1.807) is 7.11 Å². The normalized spacial score (nSPS) is 11.2. The first kappa shape index (κ1) is 14.0. The van der Waals surface area contributed by atoms with Crippen molar-refractivity contribution < 1.29 is 4.74 Å². The van der Waals surface area contributed by atoms with E-state index in [2.05, 4.69) is 49.3 Å². The maximum absolute atomic E-state index is 5.06. The molecule has 3 heteroatoms. The zero-order valence-corrected chi connectivity index (χ0v) is 12.2. The number of hydrogen-bond acceptors (Lipinski definition) is 3. The minimum atomic E-state index is 0.736. The van der Waals surface area contributed by atoms with Gasteiger partial charge in [-0.15, -0.1) is 0 Å². The Balaban J connectivity index is 2.36. The molecule has 0 aliphatic carbocycles. The van der Waals surface area contributed by atoms with Gasteiger partial charge in [0.05, 0.1) is 12.1 Å². The summed E-state index contributed by atoms with van der Waals surface area (Å²) in [4.78, 5) is 4.65. The van der Waals surface area contributed by atoms with Crippen LogP contribution < -0.4 is 5.32 Å². The van der Waals surface area contributed by atoms with Crippen molar-refractivity contribution in [2.75, 3.05) is 20.3 Å². The predicted molar refractivity (Wildman–Crippen MR) is 79.5 cm³/mol. The molecule has 0 aliphatic rings. The molecule has 1 heterocycles. The molecule has 2 aromatic rings. The van der Waals surface area contributed by atoms with Gasteiger partial charge >= 0.3 is 0 Å². The Bertz CT molecular complexity index is 573. The Morgan fingerprint density at radius 1 is 1.16 bits per heavy atom. The Morgan fingerprint density at radius 2 is 1.95 bits per heavy atom. The van der Waals surface area contributed by atoms with Crippen LogP contribution in [-0.2, 0) is 11.3 Å². The Kier molecular flexibility index (Phi) is 4.51.